The number of carboxylic acid groups (broad SMARTS) is 1. The zero-order valence-electron chi connectivity index (χ0n) is 16.4. The van der Waals surface area contributed by atoms with E-state index in [1.807, 2.05) is 31.2 Å². The van der Waals surface area contributed by atoms with Crippen molar-refractivity contribution in [1.82, 2.24) is 14.8 Å². The van der Waals surface area contributed by atoms with Crippen molar-refractivity contribution in [2.75, 3.05) is 0 Å². The Bertz CT molecular complexity index is 992. The van der Waals surface area contributed by atoms with Crippen molar-refractivity contribution in [2.24, 2.45) is 0 Å². The van der Waals surface area contributed by atoms with Crippen molar-refractivity contribution in [3.8, 4) is 11.1 Å². The lowest BCUT2D eigenvalue weighted by Crippen LogP contribution is -2.11. The molecule has 1 aromatic heterocycles. The number of aryl methyl sites for hydroxylation is 1. The number of alkyl halides is 2. The third-order valence-electron chi connectivity index (χ3n) is 4.65. The molecule has 2 aromatic carbocycles. The number of nitrogens with zero attached hydrogens (tertiary/aromatic N) is 3. The molecule has 3 aromatic rings. The van der Waals surface area contributed by atoms with Gasteiger partial charge in [-0.05, 0) is 29.2 Å². The van der Waals surface area contributed by atoms with Gasteiger partial charge in [-0.1, -0.05) is 55.8 Å². The number of hydrogen-bond donors (Lipinski definition) is 1. The fraction of sp³-hybridized carbons (Fsp3) is 0.318. The number of carboxylic acids is 1. The molecule has 0 bridgehead atoms. The summed E-state index contributed by atoms with van der Waals surface area (Å²) >= 11 is 0. The van der Waals surface area contributed by atoms with Crippen LogP contribution < -0.4 is 0 Å². The molecule has 1 heterocycles. The van der Waals surface area contributed by atoms with E-state index in [0.29, 0.717) is 24.4 Å². The molecule has 0 aliphatic carbocycles. The van der Waals surface area contributed by atoms with Crippen molar-refractivity contribution >= 4 is 5.97 Å². The minimum atomic E-state index is -3.09. The lowest BCUT2D eigenvalue weighted by molar-refractivity contribution is 0.00755. The predicted molar refractivity (Wildman–Crippen MR) is 106 cm³/mol. The van der Waals surface area contributed by atoms with Crippen LogP contribution in [0.2, 0.25) is 0 Å². The average molecular weight is 399 g/mol. The Labute approximate surface area is 168 Å². The number of unbranched alkanes of at least 4 members (excludes halogenated alkanes) is 1. The molecule has 7 heteroatoms. The second-order valence-corrected chi connectivity index (χ2v) is 7.05. The topological polar surface area (TPSA) is 68.0 Å². The highest BCUT2D eigenvalue weighted by molar-refractivity contribution is 5.95. The summed E-state index contributed by atoms with van der Waals surface area (Å²) in [5.74, 6) is -3.99. The maximum Gasteiger partial charge on any atom is 0.336 e. The Kier molecular flexibility index (Phi) is 6.06. The third kappa shape index (κ3) is 4.85. The highest BCUT2D eigenvalue weighted by Gasteiger charge is 2.31. The second kappa shape index (κ2) is 8.51. The summed E-state index contributed by atoms with van der Waals surface area (Å²) < 4.78 is 28.9. The lowest BCUT2D eigenvalue weighted by atomic mass is 9.99. The van der Waals surface area contributed by atoms with Crippen molar-refractivity contribution < 1.29 is 18.7 Å². The number of carbonyl (C=O) groups is 1. The number of hydrogen-bond acceptors (Lipinski definition) is 3. The number of benzene rings is 2. The number of halogens is 2. The standard InChI is InChI=1S/C22H23F2N3O2/c1-3-4-9-19-25-21(22(2,23)24)26-27(19)14-15-10-12-16(13-11-15)17-7-5-6-8-18(17)20(28)29/h5-8,10-13H,3-4,9,14H2,1-2H3,(H,28,29). The minimum Gasteiger partial charge on any atom is -0.478 e. The van der Waals surface area contributed by atoms with E-state index in [9.17, 15) is 18.7 Å². The van der Waals surface area contributed by atoms with Crippen LogP contribution in [-0.4, -0.2) is 25.8 Å². The molecule has 0 fully saturated rings. The number of aromatic nitrogens is 3. The summed E-state index contributed by atoms with van der Waals surface area (Å²) in [4.78, 5) is 15.5. The molecule has 0 aliphatic rings. The van der Waals surface area contributed by atoms with Gasteiger partial charge in [0.1, 0.15) is 5.82 Å². The molecule has 0 atom stereocenters. The zero-order valence-corrected chi connectivity index (χ0v) is 16.4. The van der Waals surface area contributed by atoms with Gasteiger partial charge in [0.15, 0.2) is 0 Å². The van der Waals surface area contributed by atoms with Gasteiger partial charge in [0.2, 0.25) is 5.82 Å². The van der Waals surface area contributed by atoms with Gasteiger partial charge < -0.3 is 5.11 Å². The van der Waals surface area contributed by atoms with Gasteiger partial charge in [-0.3, -0.25) is 0 Å². The predicted octanol–water partition coefficient (Wildman–Crippen LogP) is 5.15. The van der Waals surface area contributed by atoms with Crippen LogP contribution in [0.5, 0.6) is 0 Å². The molecule has 1 N–H and O–H groups in total. The van der Waals surface area contributed by atoms with Gasteiger partial charge in [-0.2, -0.15) is 8.78 Å². The third-order valence-corrected chi connectivity index (χ3v) is 4.65. The van der Waals surface area contributed by atoms with Crippen LogP contribution in [0.1, 0.15) is 54.3 Å². The molecule has 5 nitrogen and oxygen atoms in total. The Morgan fingerprint density at radius 3 is 2.45 bits per heavy atom. The van der Waals surface area contributed by atoms with E-state index in [1.165, 1.54) is 4.68 Å². The van der Waals surface area contributed by atoms with Gasteiger partial charge >= 0.3 is 11.9 Å². The van der Waals surface area contributed by atoms with Crippen LogP contribution in [0.25, 0.3) is 11.1 Å². The Morgan fingerprint density at radius 1 is 1.14 bits per heavy atom. The van der Waals surface area contributed by atoms with E-state index in [-0.39, 0.29) is 5.56 Å². The molecule has 0 amide bonds. The highest BCUT2D eigenvalue weighted by atomic mass is 19.3. The Balaban J connectivity index is 1.87. The van der Waals surface area contributed by atoms with Crippen LogP contribution in [0.15, 0.2) is 48.5 Å². The smallest absolute Gasteiger partial charge is 0.336 e. The van der Waals surface area contributed by atoms with Gasteiger partial charge in [0, 0.05) is 13.3 Å². The molecular formula is C22H23F2N3O2. The van der Waals surface area contributed by atoms with Crippen molar-refractivity contribution in [3.05, 3.63) is 71.3 Å². The largest absolute Gasteiger partial charge is 0.478 e. The molecule has 0 spiro atoms. The Hall–Kier alpha value is -3.09. The first-order valence-electron chi connectivity index (χ1n) is 9.53. The summed E-state index contributed by atoms with van der Waals surface area (Å²) in [6.45, 7) is 3.15. The van der Waals surface area contributed by atoms with Crippen molar-refractivity contribution in [2.45, 2.75) is 45.6 Å². The normalized spacial score (nSPS) is 11.6. The zero-order chi connectivity index (χ0) is 21.0. The SMILES string of the molecule is CCCCc1nc(C(C)(F)F)nn1Cc1ccc(-c2ccccc2C(=O)O)cc1. The first-order chi connectivity index (χ1) is 13.8. The molecule has 152 valence electrons. The van der Waals surface area contributed by atoms with Crippen molar-refractivity contribution in [3.63, 3.8) is 0 Å². The maximum absolute atomic E-state index is 13.7. The van der Waals surface area contributed by atoms with Crippen LogP contribution in [-0.2, 0) is 18.9 Å². The second-order valence-electron chi connectivity index (χ2n) is 7.05. The average Bonchev–Trinajstić information content (AvgIpc) is 3.10. The van der Waals surface area contributed by atoms with Gasteiger partial charge in [0.05, 0.1) is 12.1 Å². The minimum absolute atomic E-state index is 0.230. The molecule has 29 heavy (non-hydrogen) atoms. The van der Waals surface area contributed by atoms with Gasteiger partial charge in [-0.25, -0.2) is 14.5 Å². The fourth-order valence-corrected chi connectivity index (χ4v) is 3.09. The fourth-order valence-electron chi connectivity index (χ4n) is 3.09. The van der Waals surface area contributed by atoms with Gasteiger partial charge in [0.25, 0.3) is 0 Å². The molecule has 0 unspecified atom stereocenters. The van der Waals surface area contributed by atoms with Crippen molar-refractivity contribution in [1.29, 1.82) is 0 Å². The monoisotopic (exact) mass is 399 g/mol. The van der Waals surface area contributed by atoms with Crippen LogP contribution in [0.3, 0.4) is 0 Å². The van der Waals surface area contributed by atoms with E-state index in [0.717, 1.165) is 30.9 Å². The van der Waals surface area contributed by atoms with Crippen LogP contribution in [0.4, 0.5) is 8.78 Å². The Morgan fingerprint density at radius 2 is 1.83 bits per heavy atom. The molecular weight excluding hydrogens is 376 g/mol. The quantitative estimate of drug-likeness (QED) is 0.569. The van der Waals surface area contributed by atoms with Crippen LogP contribution >= 0.6 is 0 Å². The van der Waals surface area contributed by atoms with Crippen LogP contribution in [0, 0.1) is 0 Å². The summed E-state index contributed by atoms with van der Waals surface area (Å²) in [5.41, 5.74) is 2.50. The first kappa shape index (κ1) is 20.6. The van der Waals surface area contributed by atoms with E-state index in [1.54, 1.807) is 24.3 Å². The lowest BCUT2D eigenvalue weighted by Gasteiger charge is -2.09. The number of rotatable bonds is 8. The van der Waals surface area contributed by atoms with Gasteiger partial charge in [-0.15, -0.1) is 5.10 Å². The summed E-state index contributed by atoms with van der Waals surface area (Å²) in [6.07, 6.45) is 2.37. The van der Waals surface area contributed by atoms with E-state index < -0.39 is 17.7 Å². The maximum atomic E-state index is 13.7. The first-order valence-corrected chi connectivity index (χ1v) is 9.53. The molecule has 3 rings (SSSR count). The molecule has 0 aliphatic heterocycles. The van der Waals surface area contributed by atoms with E-state index >= 15 is 0 Å². The summed E-state index contributed by atoms with van der Waals surface area (Å²) in [6, 6.07) is 14.2. The summed E-state index contributed by atoms with van der Waals surface area (Å²) in [7, 11) is 0. The number of aromatic carboxylic acids is 1. The summed E-state index contributed by atoms with van der Waals surface area (Å²) in [5, 5.41) is 13.4. The highest BCUT2D eigenvalue weighted by Crippen LogP contribution is 2.26. The van der Waals surface area contributed by atoms with E-state index in [2.05, 4.69) is 10.1 Å². The molecule has 0 saturated carbocycles. The van der Waals surface area contributed by atoms with E-state index in [4.69, 9.17) is 0 Å². The molecule has 0 saturated heterocycles. The molecule has 0 radical (unpaired) electrons.